The standard InChI is InChI=1S/C22H24N2O6/c1-14(2)22(27)30-15(3)13-29-19-8-6-5-7-18(19)24-21(26)20(25)23-16-9-11-17(28-4)12-10-16/h5-12,15H,1,13H2,2-4H3,(H,23,25)(H,24,26). The molecule has 2 amide bonds. The fourth-order valence-electron chi connectivity index (χ4n) is 2.26. The highest BCUT2D eigenvalue weighted by atomic mass is 16.6. The number of benzene rings is 2. The summed E-state index contributed by atoms with van der Waals surface area (Å²) in [7, 11) is 1.53. The Morgan fingerprint density at radius 1 is 1.00 bits per heavy atom. The van der Waals surface area contributed by atoms with Crippen LogP contribution in [-0.4, -0.2) is 37.6 Å². The van der Waals surface area contributed by atoms with E-state index >= 15 is 0 Å². The molecule has 0 radical (unpaired) electrons. The van der Waals surface area contributed by atoms with Crippen molar-refractivity contribution in [2.75, 3.05) is 24.4 Å². The number of rotatable bonds is 8. The molecule has 1 atom stereocenters. The maximum Gasteiger partial charge on any atom is 0.333 e. The third kappa shape index (κ3) is 6.66. The number of carbonyl (C=O) groups excluding carboxylic acids is 3. The molecule has 0 spiro atoms. The monoisotopic (exact) mass is 412 g/mol. The van der Waals surface area contributed by atoms with Crippen LogP contribution in [0.4, 0.5) is 11.4 Å². The van der Waals surface area contributed by atoms with Crippen LogP contribution in [0.5, 0.6) is 11.5 Å². The van der Waals surface area contributed by atoms with Crippen molar-refractivity contribution in [1.29, 1.82) is 0 Å². The summed E-state index contributed by atoms with van der Waals surface area (Å²) in [5.74, 6) is -1.24. The van der Waals surface area contributed by atoms with E-state index < -0.39 is 23.9 Å². The normalized spacial score (nSPS) is 11.0. The predicted molar refractivity (Wildman–Crippen MR) is 113 cm³/mol. The van der Waals surface area contributed by atoms with Crippen molar-refractivity contribution in [3.05, 3.63) is 60.7 Å². The number of amides is 2. The highest BCUT2D eigenvalue weighted by Crippen LogP contribution is 2.24. The summed E-state index contributed by atoms with van der Waals surface area (Å²) in [4.78, 5) is 36.0. The molecule has 1 unspecified atom stereocenters. The topological polar surface area (TPSA) is 103 Å². The minimum Gasteiger partial charge on any atom is -0.497 e. The van der Waals surface area contributed by atoms with Crippen molar-refractivity contribution < 1.29 is 28.6 Å². The molecule has 0 saturated heterocycles. The molecule has 2 rings (SSSR count). The van der Waals surface area contributed by atoms with Gasteiger partial charge in [-0.3, -0.25) is 9.59 Å². The summed E-state index contributed by atoms with van der Waals surface area (Å²) in [5, 5.41) is 5.02. The lowest BCUT2D eigenvalue weighted by atomic mass is 10.2. The first-order chi connectivity index (χ1) is 14.3. The summed E-state index contributed by atoms with van der Waals surface area (Å²) in [5.41, 5.74) is 1.05. The van der Waals surface area contributed by atoms with Crippen LogP contribution < -0.4 is 20.1 Å². The molecule has 0 aliphatic carbocycles. The molecule has 0 heterocycles. The van der Waals surface area contributed by atoms with Gasteiger partial charge in [0.15, 0.2) is 0 Å². The van der Waals surface area contributed by atoms with Crippen LogP contribution in [0.2, 0.25) is 0 Å². The van der Waals surface area contributed by atoms with E-state index in [9.17, 15) is 14.4 Å². The van der Waals surface area contributed by atoms with Gasteiger partial charge in [-0.1, -0.05) is 18.7 Å². The molecule has 30 heavy (non-hydrogen) atoms. The number of hydrogen-bond donors (Lipinski definition) is 2. The second kappa shape index (κ2) is 10.7. The number of esters is 1. The SMILES string of the molecule is C=C(C)C(=O)OC(C)COc1ccccc1NC(=O)C(=O)Nc1ccc(OC)cc1. The number of carbonyl (C=O) groups is 3. The first kappa shape index (κ1) is 22.5. The van der Waals surface area contributed by atoms with Gasteiger partial charge in [-0.2, -0.15) is 0 Å². The Balaban J connectivity index is 1.95. The van der Waals surface area contributed by atoms with Crippen LogP contribution >= 0.6 is 0 Å². The van der Waals surface area contributed by atoms with E-state index in [0.29, 0.717) is 22.9 Å². The fraction of sp³-hybridized carbons (Fsp3) is 0.227. The zero-order valence-corrected chi connectivity index (χ0v) is 17.1. The van der Waals surface area contributed by atoms with Gasteiger partial charge in [0, 0.05) is 11.3 Å². The predicted octanol–water partition coefficient (Wildman–Crippen LogP) is 3.16. The summed E-state index contributed by atoms with van der Waals surface area (Å²) in [6, 6.07) is 13.2. The van der Waals surface area contributed by atoms with Crippen LogP contribution in [-0.2, 0) is 19.1 Å². The Morgan fingerprint density at radius 3 is 2.27 bits per heavy atom. The maximum absolute atomic E-state index is 12.3. The van der Waals surface area contributed by atoms with Gasteiger partial charge in [0.2, 0.25) is 0 Å². The first-order valence-electron chi connectivity index (χ1n) is 9.15. The van der Waals surface area contributed by atoms with Crippen molar-refractivity contribution in [2.24, 2.45) is 0 Å². The highest BCUT2D eigenvalue weighted by Gasteiger charge is 2.17. The summed E-state index contributed by atoms with van der Waals surface area (Å²) in [6.45, 7) is 6.81. The second-order valence-corrected chi connectivity index (χ2v) is 6.44. The minimum atomic E-state index is -0.858. The van der Waals surface area contributed by atoms with Gasteiger partial charge in [-0.15, -0.1) is 0 Å². The number of anilines is 2. The van der Waals surface area contributed by atoms with Crippen molar-refractivity contribution in [2.45, 2.75) is 20.0 Å². The molecule has 0 fully saturated rings. The van der Waals surface area contributed by atoms with Gasteiger partial charge >= 0.3 is 17.8 Å². The lowest BCUT2D eigenvalue weighted by Crippen LogP contribution is -2.29. The zero-order valence-electron chi connectivity index (χ0n) is 17.1. The molecule has 8 nitrogen and oxygen atoms in total. The molecule has 158 valence electrons. The van der Waals surface area contributed by atoms with Crippen molar-refractivity contribution in [3.63, 3.8) is 0 Å². The van der Waals surface area contributed by atoms with Gasteiger partial charge in [0.05, 0.1) is 12.8 Å². The molecule has 8 heteroatoms. The summed E-state index contributed by atoms with van der Waals surface area (Å²) >= 11 is 0. The Morgan fingerprint density at radius 2 is 1.63 bits per heavy atom. The Labute approximate surface area is 174 Å². The van der Waals surface area contributed by atoms with Crippen LogP contribution in [0.3, 0.4) is 0 Å². The second-order valence-electron chi connectivity index (χ2n) is 6.44. The Bertz CT molecular complexity index is 923. The molecule has 0 bridgehead atoms. The van der Waals surface area contributed by atoms with E-state index in [2.05, 4.69) is 17.2 Å². The number of ether oxygens (including phenoxy) is 3. The van der Waals surface area contributed by atoms with Gasteiger partial charge < -0.3 is 24.8 Å². The molecule has 0 aliphatic rings. The molecule has 2 N–H and O–H groups in total. The maximum atomic E-state index is 12.3. The lowest BCUT2D eigenvalue weighted by molar-refractivity contribution is -0.144. The largest absolute Gasteiger partial charge is 0.497 e. The molecule has 0 saturated carbocycles. The van der Waals surface area contributed by atoms with Gasteiger partial charge in [0.1, 0.15) is 24.2 Å². The third-order valence-electron chi connectivity index (χ3n) is 3.82. The Kier molecular flexibility index (Phi) is 7.99. The van der Waals surface area contributed by atoms with E-state index in [4.69, 9.17) is 14.2 Å². The van der Waals surface area contributed by atoms with Crippen LogP contribution in [0.25, 0.3) is 0 Å². The van der Waals surface area contributed by atoms with Gasteiger partial charge in [-0.05, 0) is 50.2 Å². The average Bonchev–Trinajstić information content (AvgIpc) is 2.73. The van der Waals surface area contributed by atoms with E-state index in [1.165, 1.54) is 7.11 Å². The van der Waals surface area contributed by atoms with Crippen LogP contribution in [0.15, 0.2) is 60.7 Å². The molecular formula is C22H24N2O6. The number of hydrogen-bond acceptors (Lipinski definition) is 6. The Hall–Kier alpha value is -3.81. The quantitative estimate of drug-likeness (QED) is 0.392. The lowest BCUT2D eigenvalue weighted by Gasteiger charge is -2.16. The van der Waals surface area contributed by atoms with E-state index in [1.807, 2.05) is 0 Å². The molecule has 0 aliphatic heterocycles. The summed E-state index contributed by atoms with van der Waals surface area (Å²) in [6.07, 6.45) is -0.531. The third-order valence-corrected chi connectivity index (χ3v) is 3.82. The van der Waals surface area contributed by atoms with Gasteiger partial charge in [0.25, 0.3) is 0 Å². The van der Waals surface area contributed by atoms with E-state index in [0.717, 1.165) is 0 Å². The molecule has 2 aromatic carbocycles. The average molecular weight is 412 g/mol. The highest BCUT2D eigenvalue weighted by molar-refractivity contribution is 6.43. The number of para-hydroxylation sites is 2. The van der Waals surface area contributed by atoms with Crippen molar-refractivity contribution in [3.8, 4) is 11.5 Å². The molecule has 0 aromatic heterocycles. The van der Waals surface area contributed by atoms with Crippen molar-refractivity contribution in [1.82, 2.24) is 0 Å². The fourth-order valence-corrected chi connectivity index (χ4v) is 2.26. The van der Waals surface area contributed by atoms with Crippen molar-refractivity contribution >= 4 is 29.2 Å². The zero-order chi connectivity index (χ0) is 22.1. The smallest absolute Gasteiger partial charge is 0.333 e. The van der Waals surface area contributed by atoms with E-state index in [-0.39, 0.29) is 12.2 Å². The van der Waals surface area contributed by atoms with E-state index in [1.54, 1.807) is 62.4 Å². The first-order valence-corrected chi connectivity index (χ1v) is 9.15. The van der Waals surface area contributed by atoms with Crippen LogP contribution in [0.1, 0.15) is 13.8 Å². The number of methoxy groups -OCH3 is 1. The molecule has 2 aromatic rings. The summed E-state index contributed by atoms with van der Waals surface area (Å²) < 4.78 is 15.8. The number of nitrogens with one attached hydrogen (secondary N) is 2. The molecular weight excluding hydrogens is 388 g/mol. The van der Waals surface area contributed by atoms with Gasteiger partial charge in [-0.25, -0.2) is 4.79 Å². The van der Waals surface area contributed by atoms with Crippen LogP contribution in [0, 0.1) is 0 Å². The minimum absolute atomic E-state index is 0.0595.